The molecule has 0 saturated carbocycles. The smallest absolute Gasteiger partial charge is 0.141 e. The quantitative estimate of drug-likeness (QED) is 0.530. The van der Waals surface area contributed by atoms with E-state index in [1.807, 2.05) is 30.5 Å². The molecule has 0 spiro atoms. The summed E-state index contributed by atoms with van der Waals surface area (Å²) < 4.78 is 0. The van der Waals surface area contributed by atoms with E-state index in [-0.39, 0.29) is 0 Å². The summed E-state index contributed by atoms with van der Waals surface area (Å²) >= 11 is 0. The summed E-state index contributed by atoms with van der Waals surface area (Å²) in [4.78, 5) is 8.07. The highest BCUT2D eigenvalue weighted by Crippen LogP contribution is 2.11. The van der Waals surface area contributed by atoms with Crippen LogP contribution in [0.5, 0.6) is 0 Å². The first-order valence-electron chi connectivity index (χ1n) is 4.94. The van der Waals surface area contributed by atoms with Crippen LogP contribution in [0.2, 0.25) is 0 Å². The van der Waals surface area contributed by atoms with Crippen LogP contribution in [0.4, 0.5) is 11.5 Å². The van der Waals surface area contributed by atoms with Crippen LogP contribution in [0.25, 0.3) is 0 Å². The molecule has 0 fully saturated rings. The molecular weight excluding hydrogens is 202 g/mol. The molecule has 0 aliphatic rings. The van der Waals surface area contributed by atoms with Gasteiger partial charge in [-0.15, -0.1) is 0 Å². The second-order valence-corrected chi connectivity index (χ2v) is 3.29. The third-order valence-electron chi connectivity index (χ3n) is 2.13. The van der Waals surface area contributed by atoms with Crippen LogP contribution in [0, 0.1) is 0 Å². The normalized spacial score (nSPS) is 9.81. The molecule has 0 unspecified atom stereocenters. The highest BCUT2D eigenvalue weighted by molar-refractivity contribution is 5.51. The number of nitrogens with one attached hydrogen (secondary N) is 2. The third-order valence-corrected chi connectivity index (χ3v) is 2.13. The van der Waals surface area contributed by atoms with Gasteiger partial charge in [-0.25, -0.2) is 10.8 Å². The Balaban J connectivity index is 1.99. The van der Waals surface area contributed by atoms with E-state index < -0.39 is 0 Å². The van der Waals surface area contributed by atoms with Gasteiger partial charge in [-0.3, -0.25) is 4.98 Å². The Bertz CT molecular complexity index is 443. The first-order chi connectivity index (χ1) is 7.88. The summed E-state index contributed by atoms with van der Waals surface area (Å²) in [7, 11) is 0. The lowest BCUT2D eigenvalue weighted by molar-refractivity contribution is 1.11. The molecule has 0 amide bonds. The maximum absolute atomic E-state index is 5.28. The molecule has 0 aromatic carbocycles. The van der Waals surface area contributed by atoms with E-state index in [1.165, 1.54) is 0 Å². The number of rotatable bonds is 4. The maximum Gasteiger partial charge on any atom is 0.141 e. The van der Waals surface area contributed by atoms with E-state index in [2.05, 4.69) is 20.7 Å². The molecule has 2 aromatic heterocycles. The van der Waals surface area contributed by atoms with Gasteiger partial charge < -0.3 is 10.7 Å². The van der Waals surface area contributed by atoms with Crippen molar-refractivity contribution in [2.45, 2.75) is 6.54 Å². The maximum atomic E-state index is 5.28. The van der Waals surface area contributed by atoms with Crippen molar-refractivity contribution in [2.24, 2.45) is 5.84 Å². The van der Waals surface area contributed by atoms with Gasteiger partial charge in [-0.1, -0.05) is 6.07 Å². The van der Waals surface area contributed by atoms with Crippen molar-refractivity contribution in [3.63, 3.8) is 0 Å². The van der Waals surface area contributed by atoms with Gasteiger partial charge in [-0.05, 0) is 17.7 Å². The van der Waals surface area contributed by atoms with Crippen LogP contribution >= 0.6 is 0 Å². The Morgan fingerprint density at radius 2 is 2.19 bits per heavy atom. The monoisotopic (exact) mass is 215 g/mol. The largest absolute Gasteiger partial charge is 0.381 e. The van der Waals surface area contributed by atoms with E-state index in [0.29, 0.717) is 5.82 Å². The predicted octanol–water partition coefficient (Wildman–Crippen LogP) is 1.37. The molecule has 2 aromatic rings. The van der Waals surface area contributed by atoms with Gasteiger partial charge in [0, 0.05) is 36.9 Å². The fourth-order valence-corrected chi connectivity index (χ4v) is 1.33. The number of pyridine rings is 2. The first kappa shape index (κ1) is 10.4. The van der Waals surface area contributed by atoms with Crippen molar-refractivity contribution in [1.29, 1.82) is 0 Å². The van der Waals surface area contributed by atoms with Crippen molar-refractivity contribution in [1.82, 2.24) is 9.97 Å². The van der Waals surface area contributed by atoms with Crippen LogP contribution in [-0.2, 0) is 6.54 Å². The van der Waals surface area contributed by atoms with E-state index in [9.17, 15) is 0 Å². The lowest BCUT2D eigenvalue weighted by Gasteiger charge is -2.07. The average Bonchev–Trinajstić information content (AvgIpc) is 2.38. The Labute approximate surface area is 93.7 Å². The van der Waals surface area contributed by atoms with Crippen LogP contribution < -0.4 is 16.6 Å². The van der Waals surface area contributed by atoms with Crippen LogP contribution in [-0.4, -0.2) is 9.97 Å². The molecule has 0 aliphatic carbocycles. The lowest BCUT2D eigenvalue weighted by Crippen LogP contribution is -2.09. The van der Waals surface area contributed by atoms with Crippen LogP contribution in [0.3, 0.4) is 0 Å². The predicted molar refractivity (Wildman–Crippen MR) is 63.6 cm³/mol. The highest BCUT2D eigenvalue weighted by atomic mass is 15.2. The Kier molecular flexibility index (Phi) is 3.30. The molecule has 0 radical (unpaired) electrons. The fourth-order valence-electron chi connectivity index (χ4n) is 1.33. The number of nitrogen functional groups attached to an aromatic ring is 1. The van der Waals surface area contributed by atoms with E-state index in [4.69, 9.17) is 5.84 Å². The summed E-state index contributed by atoms with van der Waals surface area (Å²) in [5.41, 5.74) is 4.59. The number of nitrogens with two attached hydrogens (primary N) is 1. The zero-order valence-electron chi connectivity index (χ0n) is 8.72. The number of nitrogens with zero attached hydrogens (tertiary/aromatic N) is 2. The molecule has 5 nitrogen and oxygen atoms in total. The molecule has 2 heterocycles. The fraction of sp³-hybridized carbons (Fsp3) is 0.0909. The number of hydrogen-bond donors (Lipinski definition) is 3. The molecule has 0 atom stereocenters. The minimum Gasteiger partial charge on any atom is -0.381 e. The molecule has 16 heavy (non-hydrogen) atoms. The topological polar surface area (TPSA) is 75.9 Å². The summed E-state index contributed by atoms with van der Waals surface area (Å²) in [6.07, 6.45) is 5.28. The second-order valence-electron chi connectivity index (χ2n) is 3.29. The first-order valence-corrected chi connectivity index (χ1v) is 4.94. The zero-order chi connectivity index (χ0) is 11.2. The zero-order valence-corrected chi connectivity index (χ0v) is 8.72. The van der Waals surface area contributed by atoms with Crippen molar-refractivity contribution in [2.75, 3.05) is 10.7 Å². The van der Waals surface area contributed by atoms with Crippen molar-refractivity contribution in [3.05, 3.63) is 48.4 Å². The van der Waals surface area contributed by atoms with E-state index in [1.54, 1.807) is 12.4 Å². The Hall–Kier alpha value is -2.14. The molecule has 0 aliphatic heterocycles. The highest BCUT2D eigenvalue weighted by Gasteiger charge is 1.95. The van der Waals surface area contributed by atoms with Gasteiger partial charge in [-0.2, -0.15) is 0 Å². The molecule has 0 bridgehead atoms. The molecule has 4 N–H and O–H groups in total. The molecule has 5 heteroatoms. The summed E-state index contributed by atoms with van der Waals surface area (Å²) in [5, 5.41) is 3.26. The van der Waals surface area contributed by atoms with Gasteiger partial charge in [0.05, 0.1) is 0 Å². The van der Waals surface area contributed by atoms with Gasteiger partial charge >= 0.3 is 0 Å². The summed E-state index contributed by atoms with van der Waals surface area (Å²) in [6, 6.07) is 7.66. The van der Waals surface area contributed by atoms with Gasteiger partial charge in [0.2, 0.25) is 0 Å². The average molecular weight is 215 g/mol. The van der Waals surface area contributed by atoms with E-state index in [0.717, 1.165) is 17.8 Å². The number of aromatic nitrogens is 2. The number of hydrazine groups is 1. The lowest BCUT2D eigenvalue weighted by atomic mass is 10.3. The molecule has 82 valence electrons. The number of anilines is 2. The minimum atomic E-state index is 0.635. The Morgan fingerprint density at radius 3 is 2.94 bits per heavy atom. The molecule has 0 saturated heterocycles. The Morgan fingerprint density at radius 1 is 1.25 bits per heavy atom. The van der Waals surface area contributed by atoms with Crippen molar-refractivity contribution < 1.29 is 0 Å². The van der Waals surface area contributed by atoms with Gasteiger partial charge in [0.15, 0.2) is 0 Å². The minimum absolute atomic E-state index is 0.635. The van der Waals surface area contributed by atoms with Crippen LogP contribution in [0.1, 0.15) is 5.56 Å². The van der Waals surface area contributed by atoms with Gasteiger partial charge in [0.25, 0.3) is 0 Å². The standard InChI is InChI=1S/C11H13N5/c12-16-11-6-10(3-5-14-11)15-8-9-2-1-4-13-7-9/h1-7H,8,12H2,(H2,14,15,16). The summed E-state index contributed by atoms with van der Waals surface area (Å²) in [6.45, 7) is 0.724. The SMILES string of the molecule is NNc1cc(NCc2cccnc2)ccn1. The van der Waals surface area contributed by atoms with Gasteiger partial charge in [0.1, 0.15) is 5.82 Å². The summed E-state index contributed by atoms with van der Waals surface area (Å²) in [5.74, 6) is 5.91. The van der Waals surface area contributed by atoms with Crippen LogP contribution in [0.15, 0.2) is 42.9 Å². The second kappa shape index (κ2) is 5.09. The number of hydrogen-bond acceptors (Lipinski definition) is 5. The third kappa shape index (κ3) is 2.68. The van der Waals surface area contributed by atoms with Crippen molar-refractivity contribution in [3.8, 4) is 0 Å². The molecular formula is C11H13N5. The molecule has 2 rings (SSSR count). The van der Waals surface area contributed by atoms with E-state index >= 15 is 0 Å². The van der Waals surface area contributed by atoms with Crippen molar-refractivity contribution >= 4 is 11.5 Å².